The lowest BCUT2D eigenvalue weighted by Gasteiger charge is -2.14. The third-order valence-corrected chi connectivity index (χ3v) is 2.88. The number of imidazole rings is 1. The maximum atomic E-state index is 13.1. The average molecular weight is 352 g/mol. The number of halogens is 6. The quantitative estimate of drug-likeness (QED) is 0.383. The molecular formula is C12H6F6N4O2. The minimum absolute atomic E-state index is 0.125. The van der Waals surface area contributed by atoms with Gasteiger partial charge in [0.25, 0.3) is 5.69 Å². The predicted molar refractivity (Wildman–Crippen MR) is 70.1 cm³/mol. The number of aromatic amines is 1. The van der Waals surface area contributed by atoms with Gasteiger partial charge in [0.2, 0.25) is 5.82 Å². The zero-order chi connectivity index (χ0) is 18.3. The highest BCUT2D eigenvalue weighted by Crippen LogP contribution is 2.43. The Morgan fingerprint density at radius 3 is 2.38 bits per heavy atom. The van der Waals surface area contributed by atoms with E-state index in [4.69, 9.17) is 6.42 Å². The summed E-state index contributed by atoms with van der Waals surface area (Å²) >= 11 is 0. The van der Waals surface area contributed by atoms with Crippen LogP contribution in [0.4, 0.5) is 37.7 Å². The van der Waals surface area contributed by atoms with Crippen LogP contribution in [0.25, 0.3) is 11.0 Å². The van der Waals surface area contributed by atoms with Gasteiger partial charge in [-0.05, 0) is 0 Å². The molecule has 1 aromatic carbocycles. The molecule has 0 aliphatic rings. The first-order valence-electron chi connectivity index (χ1n) is 5.99. The van der Waals surface area contributed by atoms with Crippen LogP contribution in [-0.2, 0) is 12.4 Å². The molecule has 0 fully saturated rings. The van der Waals surface area contributed by atoms with Crippen LogP contribution in [0.15, 0.2) is 6.07 Å². The van der Waals surface area contributed by atoms with Crippen molar-refractivity contribution in [1.29, 1.82) is 0 Å². The Morgan fingerprint density at radius 2 is 1.92 bits per heavy atom. The van der Waals surface area contributed by atoms with Gasteiger partial charge in [-0.25, -0.2) is 4.98 Å². The van der Waals surface area contributed by atoms with E-state index in [-0.39, 0.29) is 6.07 Å². The predicted octanol–water partition coefficient (Wildman–Crippen LogP) is 3.55. The van der Waals surface area contributed by atoms with E-state index in [1.165, 1.54) is 0 Å². The van der Waals surface area contributed by atoms with Gasteiger partial charge in [-0.15, -0.1) is 6.42 Å². The van der Waals surface area contributed by atoms with Crippen LogP contribution < -0.4 is 5.32 Å². The topological polar surface area (TPSA) is 83.9 Å². The Kier molecular flexibility index (Phi) is 4.05. The van der Waals surface area contributed by atoms with Gasteiger partial charge in [-0.3, -0.25) is 10.1 Å². The minimum Gasteiger partial charge on any atom is -0.372 e. The Labute approximate surface area is 129 Å². The number of fused-ring (bicyclic) bond motifs is 1. The van der Waals surface area contributed by atoms with Crippen molar-refractivity contribution in [3.05, 3.63) is 27.6 Å². The number of H-pyrrole nitrogens is 1. The molecule has 2 rings (SSSR count). The maximum absolute atomic E-state index is 13.1. The molecule has 0 bridgehead atoms. The fraction of sp³-hybridized carbons (Fsp3) is 0.250. The van der Waals surface area contributed by atoms with Crippen LogP contribution in [0.1, 0.15) is 11.4 Å². The molecule has 6 nitrogen and oxygen atoms in total. The number of nitrogens with zero attached hydrogens (tertiary/aromatic N) is 2. The minimum atomic E-state index is -5.08. The van der Waals surface area contributed by atoms with Gasteiger partial charge in [0.15, 0.2) is 0 Å². The van der Waals surface area contributed by atoms with E-state index in [9.17, 15) is 36.5 Å². The molecule has 0 atom stereocenters. The number of non-ortho nitro benzene ring substituents is 1. The summed E-state index contributed by atoms with van der Waals surface area (Å²) in [5.41, 5.74) is -5.27. The van der Waals surface area contributed by atoms with Crippen LogP contribution in [0.3, 0.4) is 0 Å². The summed E-state index contributed by atoms with van der Waals surface area (Å²) in [6, 6.07) is 0.125. The fourth-order valence-corrected chi connectivity index (χ4v) is 1.97. The summed E-state index contributed by atoms with van der Waals surface area (Å²) < 4.78 is 77.6. The third kappa shape index (κ3) is 3.05. The number of nitro groups is 1. The molecular weight excluding hydrogens is 346 g/mol. The lowest BCUT2D eigenvalue weighted by Crippen LogP contribution is -2.12. The Morgan fingerprint density at radius 1 is 1.29 bits per heavy atom. The van der Waals surface area contributed by atoms with E-state index in [0.717, 1.165) is 0 Å². The standard InChI is InChI=1S/C12H6F6N4O2/c1-2-3-19-7-5(11(13,14)15)4-6(22(23)24)8-9(7)21-10(20-8)12(16,17)18/h1,4,19H,3H2,(H,20,21). The maximum Gasteiger partial charge on any atom is 0.449 e. The summed E-state index contributed by atoms with van der Waals surface area (Å²) in [7, 11) is 0. The zero-order valence-electron chi connectivity index (χ0n) is 11.3. The number of anilines is 1. The molecule has 0 unspecified atom stereocenters. The first kappa shape index (κ1) is 17.4. The number of benzene rings is 1. The van der Waals surface area contributed by atoms with Crippen molar-refractivity contribution in [2.45, 2.75) is 12.4 Å². The van der Waals surface area contributed by atoms with Gasteiger partial charge in [-0.2, -0.15) is 26.3 Å². The zero-order valence-corrected chi connectivity index (χ0v) is 11.3. The molecule has 12 heteroatoms. The molecule has 1 heterocycles. The van der Waals surface area contributed by atoms with E-state index in [2.05, 4.69) is 10.3 Å². The second-order valence-corrected chi connectivity index (χ2v) is 4.44. The van der Waals surface area contributed by atoms with Crippen molar-refractivity contribution in [3.8, 4) is 12.3 Å². The van der Waals surface area contributed by atoms with Gasteiger partial charge in [-0.1, -0.05) is 5.92 Å². The number of aromatic nitrogens is 2. The molecule has 0 aliphatic carbocycles. The highest BCUT2D eigenvalue weighted by molar-refractivity contribution is 5.97. The molecule has 2 N–H and O–H groups in total. The molecule has 2 aromatic rings. The molecule has 0 radical (unpaired) electrons. The molecule has 0 amide bonds. The van der Waals surface area contributed by atoms with E-state index >= 15 is 0 Å². The monoisotopic (exact) mass is 352 g/mol. The Balaban J connectivity index is 2.91. The van der Waals surface area contributed by atoms with Gasteiger partial charge in [0.1, 0.15) is 11.0 Å². The van der Waals surface area contributed by atoms with Crippen molar-refractivity contribution in [3.63, 3.8) is 0 Å². The van der Waals surface area contributed by atoms with E-state index in [1.54, 1.807) is 4.98 Å². The van der Waals surface area contributed by atoms with Crippen molar-refractivity contribution < 1.29 is 31.3 Å². The normalized spacial score (nSPS) is 12.2. The fourth-order valence-electron chi connectivity index (χ4n) is 1.97. The van der Waals surface area contributed by atoms with Gasteiger partial charge < -0.3 is 10.3 Å². The Hall–Kier alpha value is -2.97. The molecule has 24 heavy (non-hydrogen) atoms. The van der Waals surface area contributed by atoms with Crippen LogP contribution in [0.2, 0.25) is 0 Å². The Bertz CT molecular complexity index is 846. The summed E-state index contributed by atoms with van der Waals surface area (Å²) in [5.74, 6) is 0.298. The van der Waals surface area contributed by atoms with Crippen LogP contribution in [-0.4, -0.2) is 21.4 Å². The van der Waals surface area contributed by atoms with Crippen LogP contribution in [0, 0.1) is 22.5 Å². The summed E-state index contributed by atoms with van der Waals surface area (Å²) in [5, 5.41) is 13.0. The summed E-state index contributed by atoms with van der Waals surface area (Å²) in [4.78, 5) is 14.4. The molecule has 128 valence electrons. The second kappa shape index (κ2) is 5.59. The lowest BCUT2D eigenvalue weighted by molar-refractivity contribution is -0.383. The number of hydrogen-bond acceptors (Lipinski definition) is 4. The first-order chi connectivity index (χ1) is 11.0. The number of nitro benzene ring substituents is 1. The summed E-state index contributed by atoms with van der Waals surface area (Å²) in [6.45, 7) is -0.454. The van der Waals surface area contributed by atoms with E-state index in [0.29, 0.717) is 0 Å². The summed E-state index contributed by atoms with van der Waals surface area (Å²) in [6.07, 6.45) is -5.19. The highest BCUT2D eigenvalue weighted by atomic mass is 19.4. The molecule has 0 saturated carbocycles. The van der Waals surface area contributed by atoms with Crippen molar-refractivity contribution in [2.24, 2.45) is 0 Å². The van der Waals surface area contributed by atoms with Crippen LogP contribution in [0.5, 0.6) is 0 Å². The second-order valence-electron chi connectivity index (χ2n) is 4.44. The largest absolute Gasteiger partial charge is 0.449 e. The van der Waals surface area contributed by atoms with Crippen molar-refractivity contribution >= 4 is 22.4 Å². The van der Waals surface area contributed by atoms with Gasteiger partial charge >= 0.3 is 12.4 Å². The van der Waals surface area contributed by atoms with E-state index < -0.39 is 57.6 Å². The number of rotatable bonds is 3. The molecule has 1 aromatic heterocycles. The average Bonchev–Trinajstić information content (AvgIpc) is 2.87. The van der Waals surface area contributed by atoms with Gasteiger partial charge in [0, 0.05) is 6.07 Å². The first-order valence-corrected chi connectivity index (χ1v) is 5.99. The van der Waals surface area contributed by atoms with E-state index in [1.807, 2.05) is 5.92 Å². The number of terminal acetylenes is 1. The SMILES string of the molecule is C#CCNc1c(C(F)(F)F)cc([N+](=O)[O-])c2[nH]c(C(F)(F)F)nc12. The van der Waals surface area contributed by atoms with Crippen LogP contribution >= 0.6 is 0 Å². The number of alkyl halides is 6. The smallest absolute Gasteiger partial charge is 0.372 e. The van der Waals surface area contributed by atoms with Gasteiger partial charge in [0.05, 0.1) is 22.7 Å². The highest BCUT2D eigenvalue weighted by Gasteiger charge is 2.41. The molecule has 0 spiro atoms. The van der Waals surface area contributed by atoms with Crippen molar-refractivity contribution in [2.75, 3.05) is 11.9 Å². The lowest BCUT2D eigenvalue weighted by atomic mass is 10.1. The third-order valence-electron chi connectivity index (χ3n) is 2.88. The van der Waals surface area contributed by atoms with Crippen molar-refractivity contribution in [1.82, 2.24) is 9.97 Å². The number of nitrogens with one attached hydrogen (secondary N) is 2. The molecule has 0 saturated heterocycles. The molecule has 0 aliphatic heterocycles. The number of hydrogen-bond donors (Lipinski definition) is 2.